The van der Waals surface area contributed by atoms with E-state index in [9.17, 15) is 9.59 Å². The number of hydrogen-bond donors (Lipinski definition) is 3. The topological polar surface area (TPSA) is 78.4 Å². The zero-order valence-corrected chi connectivity index (χ0v) is 9.24. The SMILES string of the molecule is O=C1CC(C(=O)O)NC(C2CCNCC2)C1. The second-order valence-electron chi connectivity index (χ2n) is 4.70. The van der Waals surface area contributed by atoms with Gasteiger partial charge in [0.25, 0.3) is 0 Å². The van der Waals surface area contributed by atoms with Crippen molar-refractivity contribution in [3.05, 3.63) is 0 Å². The third-order valence-electron chi connectivity index (χ3n) is 3.55. The number of Topliss-reactive ketones (excluding diaryl/α,β-unsaturated/α-hetero) is 1. The molecule has 5 heteroatoms. The van der Waals surface area contributed by atoms with Gasteiger partial charge in [-0.25, -0.2) is 0 Å². The normalized spacial score (nSPS) is 32.6. The highest BCUT2D eigenvalue weighted by molar-refractivity contribution is 5.87. The maximum atomic E-state index is 11.5. The Morgan fingerprint density at radius 2 is 1.94 bits per heavy atom. The molecule has 2 fully saturated rings. The smallest absolute Gasteiger partial charge is 0.321 e. The number of carboxylic acids is 1. The van der Waals surface area contributed by atoms with Crippen molar-refractivity contribution in [2.45, 2.75) is 37.8 Å². The fraction of sp³-hybridized carbons (Fsp3) is 0.818. The maximum absolute atomic E-state index is 11.5. The predicted molar refractivity (Wildman–Crippen MR) is 58.2 cm³/mol. The van der Waals surface area contributed by atoms with Gasteiger partial charge >= 0.3 is 5.97 Å². The van der Waals surface area contributed by atoms with E-state index in [1.165, 1.54) is 0 Å². The van der Waals surface area contributed by atoms with E-state index in [0.29, 0.717) is 12.3 Å². The van der Waals surface area contributed by atoms with Crippen LogP contribution >= 0.6 is 0 Å². The number of hydrogen-bond acceptors (Lipinski definition) is 4. The lowest BCUT2D eigenvalue weighted by Gasteiger charge is -2.35. The van der Waals surface area contributed by atoms with Gasteiger partial charge in [-0.15, -0.1) is 0 Å². The molecule has 16 heavy (non-hydrogen) atoms. The fourth-order valence-electron chi connectivity index (χ4n) is 2.64. The maximum Gasteiger partial charge on any atom is 0.321 e. The molecular formula is C11H18N2O3. The molecular weight excluding hydrogens is 208 g/mol. The van der Waals surface area contributed by atoms with E-state index in [0.717, 1.165) is 25.9 Å². The van der Waals surface area contributed by atoms with Gasteiger partial charge in [-0.2, -0.15) is 0 Å². The summed E-state index contributed by atoms with van der Waals surface area (Å²) in [4.78, 5) is 22.4. The summed E-state index contributed by atoms with van der Waals surface area (Å²) in [7, 11) is 0. The van der Waals surface area contributed by atoms with Crippen molar-refractivity contribution >= 4 is 11.8 Å². The molecule has 2 unspecified atom stereocenters. The number of carbonyl (C=O) groups excluding carboxylic acids is 1. The van der Waals surface area contributed by atoms with E-state index in [4.69, 9.17) is 5.11 Å². The van der Waals surface area contributed by atoms with E-state index >= 15 is 0 Å². The van der Waals surface area contributed by atoms with E-state index in [1.807, 2.05) is 0 Å². The number of rotatable bonds is 2. The van der Waals surface area contributed by atoms with Gasteiger partial charge in [0, 0.05) is 18.9 Å². The molecule has 0 aliphatic carbocycles. The Bertz CT molecular complexity index is 287. The van der Waals surface area contributed by atoms with Crippen LogP contribution in [0.4, 0.5) is 0 Å². The van der Waals surface area contributed by atoms with Crippen LogP contribution in [0.15, 0.2) is 0 Å². The molecule has 2 rings (SSSR count). The van der Waals surface area contributed by atoms with Crippen molar-refractivity contribution in [1.82, 2.24) is 10.6 Å². The largest absolute Gasteiger partial charge is 0.480 e. The highest BCUT2D eigenvalue weighted by Crippen LogP contribution is 2.23. The lowest BCUT2D eigenvalue weighted by atomic mass is 9.83. The van der Waals surface area contributed by atoms with Crippen LogP contribution in [0.2, 0.25) is 0 Å². The van der Waals surface area contributed by atoms with Gasteiger partial charge in [0.05, 0.1) is 0 Å². The van der Waals surface area contributed by atoms with Gasteiger partial charge in [-0.1, -0.05) is 0 Å². The molecule has 0 aromatic heterocycles. The second kappa shape index (κ2) is 4.93. The third-order valence-corrected chi connectivity index (χ3v) is 3.55. The first-order chi connectivity index (χ1) is 7.66. The van der Waals surface area contributed by atoms with Gasteiger partial charge in [-0.3, -0.25) is 9.59 Å². The number of carboxylic acid groups (broad SMARTS) is 1. The number of ketones is 1. The molecule has 0 saturated carbocycles. The van der Waals surface area contributed by atoms with Crippen LogP contribution in [-0.2, 0) is 9.59 Å². The van der Waals surface area contributed by atoms with Crippen LogP contribution in [-0.4, -0.2) is 42.0 Å². The lowest BCUT2D eigenvalue weighted by Crippen LogP contribution is -2.54. The van der Waals surface area contributed by atoms with Gasteiger partial charge in [-0.05, 0) is 31.8 Å². The van der Waals surface area contributed by atoms with Gasteiger partial charge < -0.3 is 15.7 Å². The quantitative estimate of drug-likeness (QED) is 0.605. The minimum Gasteiger partial charge on any atom is -0.480 e. The van der Waals surface area contributed by atoms with E-state index < -0.39 is 12.0 Å². The van der Waals surface area contributed by atoms with Crippen molar-refractivity contribution < 1.29 is 14.7 Å². The Hall–Kier alpha value is -0.940. The van der Waals surface area contributed by atoms with Crippen molar-refractivity contribution in [2.75, 3.05) is 13.1 Å². The fourth-order valence-corrected chi connectivity index (χ4v) is 2.64. The first-order valence-corrected chi connectivity index (χ1v) is 5.88. The Balaban J connectivity index is 1.97. The lowest BCUT2D eigenvalue weighted by molar-refractivity contribution is -0.143. The average Bonchev–Trinajstić information content (AvgIpc) is 2.29. The number of piperidine rings is 2. The van der Waals surface area contributed by atoms with E-state index in [-0.39, 0.29) is 18.2 Å². The molecule has 2 atom stereocenters. The minimum atomic E-state index is -0.910. The Morgan fingerprint density at radius 3 is 2.56 bits per heavy atom. The van der Waals surface area contributed by atoms with E-state index in [2.05, 4.69) is 10.6 Å². The van der Waals surface area contributed by atoms with Crippen LogP contribution < -0.4 is 10.6 Å². The molecule has 2 aliphatic rings. The zero-order valence-electron chi connectivity index (χ0n) is 9.24. The summed E-state index contributed by atoms with van der Waals surface area (Å²) in [5.41, 5.74) is 0. The molecule has 2 heterocycles. The van der Waals surface area contributed by atoms with Crippen LogP contribution in [0, 0.1) is 5.92 Å². The van der Waals surface area contributed by atoms with Crippen molar-refractivity contribution in [2.24, 2.45) is 5.92 Å². The Morgan fingerprint density at radius 1 is 1.25 bits per heavy atom. The van der Waals surface area contributed by atoms with Gasteiger partial charge in [0.15, 0.2) is 0 Å². The first-order valence-electron chi connectivity index (χ1n) is 5.88. The average molecular weight is 226 g/mol. The monoisotopic (exact) mass is 226 g/mol. The molecule has 5 nitrogen and oxygen atoms in total. The molecule has 0 spiro atoms. The molecule has 0 amide bonds. The van der Waals surface area contributed by atoms with Crippen LogP contribution in [0.1, 0.15) is 25.7 Å². The number of nitrogens with one attached hydrogen (secondary N) is 2. The van der Waals surface area contributed by atoms with Crippen LogP contribution in [0.3, 0.4) is 0 Å². The summed E-state index contributed by atoms with van der Waals surface area (Å²) in [6.07, 6.45) is 2.68. The summed E-state index contributed by atoms with van der Waals surface area (Å²) in [6, 6.07) is -0.620. The highest BCUT2D eigenvalue weighted by Gasteiger charge is 2.35. The van der Waals surface area contributed by atoms with Gasteiger partial charge in [0.2, 0.25) is 0 Å². The summed E-state index contributed by atoms with van der Waals surface area (Å²) in [5, 5.41) is 15.3. The highest BCUT2D eigenvalue weighted by atomic mass is 16.4. The first kappa shape index (κ1) is 11.5. The standard InChI is InChI=1S/C11H18N2O3/c14-8-5-9(7-1-3-12-4-2-7)13-10(6-8)11(15)16/h7,9-10,12-13H,1-6H2,(H,15,16). The minimum absolute atomic E-state index is 0.0597. The number of aliphatic carboxylic acids is 1. The molecule has 2 saturated heterocycles. The molecule has 3 N–H and O–H groups in total. The summed E-state index contributed by atoms with van der Waals surface area (Å²) < 4.78 is 0. The Kier molecular flexibility index (Phi) is 3.56. The molecule has 0 radical (unpaired) electrons. The second-order valence-corrected chi connectivity index (χ2v) is 4.70. The zero-order chi connectivity index (χ0) is 11.5. The third kappa shape index (κ3) is 2.59. The molecule has 2 aliphatic heterocycles. The van der Waals surface area contributed by atoms with Crippen molar-refractivity contribution in [3.8, 4) is 0 Å². The van der Waals surface area contributed by atoms with Crippen LogP contribution in [0.25, 0.3) is 0 Å². The molecule has 0 aromatic rings. The van der Waals surface area contributed by atoms with Gasteiger partial charge in [0.1, 0.15) is 11.8 Å². The Labute approximate surface area is 94.6 Å². The number of carbonyl (C=O) groups is 2. The summed E-state index contributed by atoms with van der Waals surface area (Å²) >= 11 is 0. The summed E-state index contributed by atoms with van der Waals surface area (Å²) in [6.45, 7) is 1.93. The molecule has 0 aromatic carbocycles. The summed E-state index contributed by atoms with van der Waals surface area (Å²) in [5.74, 6) is -0.394. The van der Waals surface area contributed by atoms with Crippen molar-refractivity contribution in [1.29, 1.82) is 0 Å². The van der Waals surface area contributed by atoms with Crippen LogP contribution in [0.5, 0.6) is 0 Å². The predicted octanol–water partition coefficient (Wildman–Crippen LogP) is -0.240. The van der Waals surface area contributed by atoms with Crippen molar-refractivity contribution in [3.63, 3.8) is 0 Å². The van der Waals surface area contributed by atoms with E-state index in [1.54, 1.807) is 0 Å². The molecule has 0 bridgehead atoms. The molecule has 90 valence electrons.